The molecule has 1 N–H and O–H groups in total. The summed E-state index contributed by atoms with van der Waals surface area (Å²) < 4.78 is 4.82. The minimum Gasteiger partial charge on any atom is -0.465 e. The third-order valence-electron chi connectivity index (χ3n) is 2.62. The molecule has 7 nitrogen and oxygen atoms in total. The van der Waals surface area contributed by atoms with Crippen molar-refractivity contribution in [3.8, 4) is 0 Å². The van der Waals surface area contributed by atoms with E-state index in [0.717, 1.165) is 4.90 Å². The second kappa shape index (κ2) is 6.95. The summed E-state index contributed by atoms with van der Waals surface area (Å²) in [5, 5.41) is 2.56. The summed E-state index contributed by atoms with van der Waals surface area (Å²) in [5.41, 5.74) is 0. The molecule has 102 valence electrons. The van der Waals surface area contributed by atoms with E-state index >= 15 is 0 Å². The first-order valence-electron chi connectivity index (χ1n) is 6.04. The molecular formula is C11H19N3O4. The second-order valence-corrected chi connectivity index (χ2v) is 3.89. The third-order valence-corrected chi connectivity index (χ3v) is 2.62. The SMILES string of the molecule is CCOC(=O)CN(CC)CC(=O)N1CCNC1=O. The summed E-state index contributed by atoms with van der Waals surface area (Å²) in [5.74, 6) is -0.658. The molecule has 0 unspecified atom stereocenters. The average molecular weight is 257 g/mol. The minimum atomic E-state index is -0.368. The Hall–Kier alpha value is -1.63. The van der Waals surface area contributed by atoms with Crippen LogP contribution in [0.1, 0.15) is 13.8 Å². The van der Waals surface area contributed by atoms with Crippen molar-refractivity contribution in [3.05, 3.63) is 0 Å². The highest BCUT2D eigenvalue weighted by Gasteiger charge is 2.27. The molecule has 1 fully saturated rings. The fraction of sp³-hybridized carbons (Fsp3) is 0.727. The van der Waals surface area contributed by atoms with Gasteiger partial charge in [0.05, 0.1) is 19.7 Å². The number of hydrogen-bond acceptors (Lipinski definition) is 5. The van der Waals surface area contributed by atoms with Crippen LogP contribution in [0.25, 0.3) is 0 Å². The predicted octanol–water partition coefficient (Wildman–Crippen LogP) is -0.577. The zero-order valence-corrected chi connectivity index (χ0v) is 10.8. The van der Waals surface area contributed by atoms with Gasteiger partial charge in [-0.05, 0) is 13.5 Å². The third kappa shape index (κ3) is 3.99. The Morgan fingerprint density at radius 1 is 1.39 bits per heavy atom. The van der Waals surface area contributed by atoms with Crippen molar-refractivity contribution in [1.29, 1.82) is 0 Å². The number of carbonyl (C=O) groups excluding carboxylic acids is 3. The molecule has 0 spiro atoms. The number of hydrogen-bond donors (Lipinski definition) is 1. The van der Waals surface area contributed by atoms with Crippen LogP contribution in [0.2, 0.25) is 0 Å². The van der Waals surface area contributed by atoms with Gasteiger partial charge in [-0.1, -0.05) is 6.92 Å². The summed E-state index contributed by atoms with van der Waals surface area (Å²) >= 11 is 0. The molecule has 1 rings (SSSR count). The number of imide groups is 1. The number of amides is 3. The summed E-state index contributed by atoms with van der Waals surface area (Å²) in [6.07, 6.45) is 0. The molecular weight excluding hydrogens is 238 g/mol. The lowest BCUT2D eigenvalue weighted by atomic mass is 10.4. The van der Waals surface area contributed by atoms with Crippen molar-refractivity contribution in [2.45, 2.75) is 13.8 Å². The van der Waals surface area contributed by atoms with Crippen LogP contribution in [0.15, 0.2) is 0 Å². The lowest BCUT2D eigenvalue weighted by Gasteiger charge is -2.21. The number of nitrogens with one attached hydrogen (secondary N) is 1. The van der Waals surface area contributed by atoms with Crippen LogP contribution in [0.4, 0.5) is 4.79 Å². The topological polar surface area (TPSA) is 79.0 Å². The van der Waals surface area contributed by atoms with Gasteiger partial charge in [0.15, 0.2) is 0 Å². The highest BCUT2D eigenvalue weighted by atomic mass is 16.5. The number of urea groups is 1. The molecule has 0 saturated carbocycles. The number of nitrogens with zero attached hydrogens (tertiary/aromatic N) is 2. The van der Waals surface area contributed by atoms with Crippen LogP contribution < -0.4 is 5.32 Å². The van der Waals surface area contributed by atoms with Gasteiger partial charge in [0.25, 0.3) is 0 Å². The maximum atomic E-state index is 11.8. The molecule has 0 aliphatic carbocycles. The molecule has 0 aromatic heterocycles. The van der Waals surface area contributed by atoms with Crippen molar-refractivity contribution >= 4 is 17.9 Å². The van der Waals surface area contributed by atoms with E-state index in [-0.39, 0.29) is 31.0 Å². The Morgan fingerprint density at radius 2 is 2.11 bits per heavy atom. The molecule has 0 bridgehead atoms. The van der Waals surface area contributed by atoms with Crippen molar-refractivity contribution in [3.63, 3.8) is 0 Å². The number of ether oxygens (including phenoxy) is 1. The molecule has 0 aromatic rings. The van der Waals surface area contributed by atoms with E-state index in [9.17, 15) is 14.4 Å². The molecule has 3 amide bonds. The summed E-state index contributed by atoms with van der Waals surface area (Å²) in [6, 6.07) is -0.368. The standard InChI is InChI=1S/C11H19N3O4/c1-3-13(8-10(16)18-4-2)7-9(15)14-6-5-12-11(14)17/h3-8H2,1-2H3,(H,12,17). The predicted molar refractivity (Wildman–Crippen MR) is 63.9 cm³/mol. The molecule has 0 radical (unpaired) electrons. The van der Waals surface area contributed by atoms with Crippen molar-refractivity contribution < 1.29 is 19.1 Å². The van der Waals surface area contributed by atoms with E-state index in [1.165, 1.54) is 0 Å². The molecule has 1 aliphatic rings. The lowest BCUT2D eigenvalue weighted by molar-refractivity contribution is -0.144. The van der Waals surface area contributed by atoms with Gasteiger partial charge in [-0.3, -0.25) is 19.4 Å². The zero-order chi connectivity index (χ0) is 13.5. The summed E-state index contributed by atoms with van der Waals surface area (Å²) in [4.78, 5) is 37.2. The lowest BCUT2D eigenvalue weighted by Crippen LogP contribution is -2.43. The first-order chi connectivity index (χ1) is 8.58. The van der Waals surface area contributed by atoms with Gasteiger partial charge in [-0.2, -0.15) is 0 Å². The minimum absolute atomic E-state index is 0.0444. The Kier molecular flexibility index (Phi) is 5.57. The van der Waals surface area contributed by atoms with E-state index in [4.69, 9.17) is 4.74 Å². The van der Waals surface area contributed by atoms with E-state index in [1.54, 1.807) is 11.8 Å². The molecule has 7 heteroatoms. The van der Waals surface area contributed by atoms with E-state index < -0.39 is 0 Å². The van der Waals surface area contributed by atoms with Crippen molar-refractivity contribution in [2.75, 3.05) is 39.3 Å². The largest absolute Gasteiger partial charge is 0.465 e. The van der Waals surface area contributed by atoms with Gasteiger partial charge < -0.3 is 10.1 Å². The van der Waals surface area contributed by atoms with Gasteiger partial charge in [0.2, 0.25) is 5.91 Å². The van der Waals surface area contributed by atoms with E-state index in [1.807, 2.05) is 6.92 Å². The normalized spacial score (nSPS) is 14.8. The second-order valence-electron chi connectivity index (χ2n) is 3.89. The maximum absolute atomic E-state index is 11.8. The number of rotatable bonds is 6. The Labute approximate surface area is 106 Å². The smallest absolute Gasteiger partial charge is 0.324 e. The average Bonchev–Trinajstić information content (AvgIpc) is 2.74. The quantitative estimate of drug-likeness (QED) is 0.644. The van der Waals surface area contributed by atoms with Gasteiger partial charge in [-0.25, -0.2) is 4.79 Å². The Bertz CT molecular complexity index is 332. The molecule has 1 saturated heterocycles. The van der Waals surface area contributed by atoms with Crippen LogP contribution in [0, 0.1) is 0 Å². The molecule has 1 aliphatic heterocycles. The fourth-order valence-electron chi connectivity index (χ4n) is 1.65. The Morgan fingerprint density at radius 3 is 2.61 bits per heavy atom. The zero-order valence-electron chi connectivity index (χ0n) is 10.8. The van der Waals surface area contributed by atoms with E-state index in [2.05, 4.69) is 5.32 Å². The van der Waals surface area contributed by atoms with Gasteiger partial charge in [0, 0.05) is 13.1 Å². The molecule has 0 aromatic carbocycles. The molecule has 1 heterocycles. The molecule has 0 atom stereocenters. The van der Waals surface area contributed by atoms with Crippen LogP contribution in [0.5, 0.6) is 0 Å². The highest BCUT2D eigenvalue weighted by molar-refractivity contribution is 5.96. The first-order valence-corrected chi connectivity index (χ1v) is 6.04. The van der Waals surface area contributed by atoms with Crippen molar-refractivity contribution in [2.24, 2.45) is 0 Å². The van der Waals surface area contributed by atoms with Crippen LogP contribution >= 0.6 is 0 Å². The first kappa shape index (κ1) is 14.4. The molecule has 18 heavy (non-hydrogen) atoms. The summed E-state index contributed by atoms with van der Waals surface area (Å²) in [6.45, 7) is 5.40. The highest BCUT2D eigenvalue weighted by Crippen LogP contribution is 2.00. The van der Waals surface area contributed by atoms with Crippen LogP contribution in [-0.4, -0.2) is 67.0 Å². The van der Waals surface area contributed by atoms with Gasteiger partial charge in [-0.15, -0.1) is 0 Å². The van der Waals surface area contributed by atoms with Gasteiger partial charge in [0.1, 0.15) is 0 Å². The van der Waals surface area contributed by atoms with Crippen molar-refractivity contribution in [1.82, 2.24) is 15.1 Å². The van der Waals surface area contributed by atoms with Gasteiger partial charge >= 0.3 is 12.0 Å². The number of carbonyl (C=O) groups is 3. The number of likely N-dealkylation sites (N-methyl/N-ethyl adjacent to an activating group) is 1. The van der Waals surface area contributed by atoms with E-state index in [0.29, 0.717) is 26.2 Å². The number of esters is 1. The van der Waals surface area contributed by atoms with Crippen LogP contribution in [0.3, 0.4) is 0 Å². The van der Waals surface area contributed by atoms with Crippen LogP contribution in [-0.2, 0) is 14.3 Å². The maximum Gasteiger partial charge on any atom is 0.324 e. The Balaban J connectivity index is 2.44. The fourth-order valence-corrected chi connectivity index (χ4v) is 1.65. The summed E-state index contributed by atoms with van der Waals surface area (Å²) in [7, 11) is 0. The monoisotopic (exact) mass is 257 g/mol.